The van der Waals surface area contributed by atoms with Gasteiger partial charge in [0.1, 0.15) is 6.04 Å². The van der Waals surface area contributed by atoms with Crippen molar-refractivity contribution in [1.82, 2.24) is 10.2 Å². The number of benzene rings is 1. The van der Waals surface area contributed by atoms with E-state index in [1.807, 2.05) is 11.0 Å². The Labute approximate surface area is 120 Å². The highest BCUT2D eigenvalue weighted by molar-refractivity contribution is 5.83. The van der Waals surface area contributed by atoms with E-state index in [2.05, 4.69) is 36.5 Å². The van der Waals surface area contributed by atoms with Crippen molar-refractivity contribution in [2.24, 2.45) is 0 Å². The van der Waals surface area contributed by atoms with Crippen molar-refractivity contribution in [2.45, 2.75) is 31.3 Å². The first-order chi connectivity index (χ1) is 9.77. The third-order valence-electron chi connectivity index (χ3n) is 4.49. The topological polar surface area (TPSA) is 41.6 Å². The first-order valence-corrected chi connectivity index (χ1v) is 7.44. The number of nitrogens with one attached hydrogen (secondary N) is 1. The summed E-state index contributed by atoms with van der Waals surface area (Å²) >= 11 is 0. The van der Waals surface area contributed by atoms with Gasteiger partial charge in [0.15, 0.2) is 0 Å². The Kier molecular flexibility index (Phi) is 4.03. The number of hydrogen-bond donors (Lipinski definition) is 1. The lowest BCUT2D eigenvalue weighted by molar-refractivity contribution is -0.137. The average Bonchev–Trinajstić information content (AvgIpc) is 2.90. The number of carbonyl (C=O) groups is 1. The third-order valence-corrected chi connectivity index (χ3v) is 4.49. The number of ether oxygens (including phenoxy) is 1. The van der Waals surface area contributed by atoms with E-state index in [-0.39, 0.29) is 18.0 Å². The van der Waals surface area contributed by atoms with Crippen LogP contribution in [0.3, 0.4) is 0 Å². The second-order valence-corrected chi connectivity index (χ2v) is 5.66. The van der Waals surface area contributed by atoms with Crippen LogP contribution < -0.4 is 5.32 Å². The second-order valence-electron chi connectivity index (χ2n) is 5.66. The molecule has 1 aromatic carbocycles. The lowest BCUT2D eigenvalue weighted by atomic mass is 9.93. The molecule has 3 atom stereocenters. The lowest BCUT2D eigenvalue weighted by Gasteiger charge is -2.31. The predicted octanol–water partition coefficient (Wildman–Crippen LogP) is 1.38. The van der Waals surface area contributed by atoms with Gasteiger partial charge >= 0.3 is 0 Å². The van der Waals surface area contributed by atoms with Crippen molar-refractivity contribution >= 4 is 5.91 Å². The van der Waals surface area contributed by atoms with Crippen LogP contribution in [0.2, 0.25) is 0 Å². The molecule has 4 heteroatoms. The quantitative estimate of drug-likeness (QED) is 0.886. The Bertz CT molecular complexity index is 457. The monoisotopic (exact) mass is 274 g/mol. The normalized spacial score (nSPS) is 30.4. The Balaban J connectivity index is 1.69. The van der Waals surface area contributed by atoms with Crippen molar-refractivity contribution in [1.29, 1.82) is 0 Å². The molecule has 0 spiro atoms. The summed E-state index contributed by atoms with van der Waals surface area (Å²) < 4.78 is 5.40. The number of hydrogen-bond acceptors (Lipinski definition) is 3. The molecule has 0 unspecified atom stereocenters. The number of rotatable bonds is 2. The zero-order valence-corrected chi connectivity index (χ0v) is 11.9. The van der Waals surface area contributed by atoms with Gasteiger partial charge in [0.05, 0.1) is 13.2 Å². The Morgan fingerprint density at radius 3 is 2.85 bits per heavy atom. The smallest absolute Gasteiger partial charge is 0.242 e. The molecule has 4 nitrogen and oxygen atoms in total. The molecular formula is C16H22N2O2. The SMILES string of the molecule is C[C@@H]1[C@H](c2ccccc2)CCN1C(=O)[C@@H]1COCCN1. The molecule has 20 heavy (non-hydrogen) atoms. The molecule has 0 saturated carbocycles. The van der Waals surface area contributed by atoms with Gasteiger partial charge in [-0.1, -0.05) is 30.3 Å². The van der Waals surface area contributed by atoms with Gasteiger partial charge in [-0.2, -0.15) is 0 Å². The van der Waals surface area contributed by atoms with Crippen molar-refractivity contribution in [3.05, 3.63) is 35.9 Å². The molecule has 2 aliphatic heterocycles. The van der Waals surface area contributed by atoms with Gasteiger partial charge in [0.2, 0.25) is 5.91 Å². The summed E-state index contributed by atoms with van der Waals surface area (Å²) in [6, 6.07) is 10.6. The van der Waals surface area contributed by atoms with E-state index in [9.17, 15) is 4.79 Å². The summed E-state index contributed by atoms with van der Waals surface area (Å²) in [4.78, 5) is 14.6. The summed E-state index contributed by atoms with van der Waals surface area (Å²) in [7, 11) is 0. The number of nitrogens with zero attached hydrogens (tertiary/aromatic N) is 1. The van der Waals surface area contributed by atoms with E-state index < -0.39 is 0 Å². The molecule has 2 heterocycles. The lowest BCUT2D eigenvalue weighted by Crippen LogP contribution is -2.53. The zero-order valence-electron chi connectivity index (χ0n) is 11.9. The molecule has 2 aliphatic rings. The first-order valence-electron chi connectivity index (χ1n) is 7.44. The molecule has 1 N–H and O–H groups in total. The number of likely N-dealkylation sites (tertiary alicyclic amines) is 1. The molecule has 3 rings (SSSR count). The van der Waals surface area contributed by atoms with E-state index in [4.69, 9.17) is 4.74 Å². The van der Waals surface area contributed by atoms with Crippen LogP contribution in [-0.4, -0.2) is 49.2 Å². The van der Waals surface area contributed by atoms with Gasteiger partial charge in [0.25, 0.3) is 0 Å². The molecule has 0 radical (unpaired) electrons. The van der Waals surface area contributed by atoms with Gasteiger partial charge in [-0.05, 0) is 18.9 Å². The fraction of sp³-hybridized carbons (Fsp3) is 0.562. The van der Waals surface area contributed by atoms with Crippen LogP contribution in [0.4, 0.5) is 0 Å². The molecule has 0 aromatic heterocycles. The second kappa shape index (κ2) is 5.94. The number of carbonyl (C=O) groups excluding carboxylic acids is 1. The molecule has 108 valence electrons. The summed E-state index contributed by atoms with van der Waals surface area (Å²) in [5.41, 5.74) is 1.34. The van der Waals surface area contributed by atoms with Gasteiger partial charge in [-0.15, -0.1) is 0 Å². The summed E-state index contributed by atoms with van der Waals surface area (Å²) in [6.07, 6.45) is 1.05. The maximum Gasteiger partial charge on any atom is 0.242 e. The largest absolute Gasteiger partial charge is 0.378 e. The maximum absolute atomic E-state index is 12.6. The highest BCUT2D eigenvalue weighted by Crippen LogP contribution is 2.33. The first kappa shape index (κ1) is 13.6. The Hall–Kier alpha value is -1.39. The van der Waals surface area contributed by atoms with Crippen molar-refractivity contribution in [3.8, 4) is 0 Å². The minimum Gasteiger partial charge on any atom is -0.378 e. The van der Waals surface area contributed by atoms with Crippen LogP contribution in [0, 0.1) is 0 Å². The molecular weight excluding hydrogens is 252 g/mol. The van der Waals surface area contributed by atoms with E-state index in [0.717, 1.165) is 19.5 Å². The Morgan fingerprint density at radius 1 is 1.35 bits per heavy atom. The van der Waals surface area contributed by atoms with E-state index in [1.54, 1.807) is 0 Å². The predicted molar refractivity (Wildman–Crippen MR) is 77.6 cm³/mol. The molecule has 0 aliphatic carbocycles. The fourth-order valence-electron chi connectivity index (χ4n) is 3.32. The minimum atomic E-state index is -0.166. The van der Waals surface area contributed by atoms with Crippen LogP contribution in [0.25, 0.3) is 0 Å². The molecule has 1 aromatic rings. The van der Waals surface area contributed by atoms with Gasteiger partial charge < -0.3 is 15.0 Å². The zero-order chi connectivity index (χ0) is 13.9. The van der Waals surface area contributed by atoms with E-state index in [1.165, 1.54) is 5.56 Å². The van der Waals surface area contributed by atoms with E-state index in [0.29, 0.717) is 19.1 Å². The molecule has 2 fully saturated rings. The third kappa shape index (κ3) is 2.58. The van der Waals surface area contributed by atoms with Crippen LogP contribution >= 0.6 is 0 Å². The molecule has 0 bridgehead atoms. The van der Waals surface area contributed by atoms with Crippen LogP contribution in [0.15, 0.2) is 30.3 Å². The number of amides is 1. The summed E-state index contributed by atoms with van der Waals surface area (Å²) in [5, 5.41) is 3.25. The fourth-order valence-corrected chi connectivity index (χ4v) is 3.32. The summed E-state index contributed by atoms with van der Waals surface area (Å²) in [5.74, 6) is 0.639. The van der Waals surface area contributed by atoms with Crippen LogP contribution in [0.1, 0.15) is 24.8 Å². The number of morpholine rings is 1. The standard InChI is InChI=1S/C16H22N2O2/c1-12-14(13-5-3-2-4-6-13)7-9-18(12)16(19)15-11-20-10-8-17-15/h2-6,12,14-15,17H,7-11H2,1H3/t12-,14-,15+/m1/s1. The van der Waals surface area contributed by atoms with Gasteiger partial charge in [-0.3, -0.25) is 4.79 Å². The van der Waals surface area contributed by atoms with Crippen molar-refractivity contribution in [3.63, 3.8) is 0 Å². The van der Waals surface area contributed by atoms with Crippen LogP contribution in [0.5, 0.6) is 0 Å². The summed E-state index contributed by atoms with van der Waals surface area (Å²) in [6.45, 7) is 4.97. The van der Waals surface area contributed by atoms with Gasteiger partial charge in [0, 0.05) is 25.0 Å². The van der Waals surface area contributed by atoms with E-state index >= 15 is 0 Å². The van der Waals surface area contributed by atoms with Crippen molar-refractivity contribution < 1.29 is 9.53 Å². The maximum atomic E-state index is 12.6. The highest BCUT2D eigenvalue weighted by atomic mass is 16.5. The molecule has 2 saturated heterocycles. The highest BCUT2D eigenvalue weighted by Gasteiger charge is 2.37. The van der Waals surface area contributed by atoms with Gasteiger partial charge in [-0.25, -0.2) is 0 Å². The minimum absolute atomic E-state index is 0.166. The molecule has 1 amide bonds. The van der Waals surface area contributed by atoms with Crippen LogP contribution in [-0.2, 0) is 9.53 Å². The Morgan fingerprint density at radius 2 is 2.15 bits per heavy atom. The average molecular weight is 274 g/mol. The van der Waals surface area contributed by atoms with Crippen molar-refractivity contribution in [2.75, 3.05) is 26.3 Å².